The summed E-state index contributed by atoms with van der Waals surface area (Å²) in [4.78, 5) is 38.1. The van der Waals surface area contributed by atoms with Crippen LogP contribution in [0.15, 0.2) is 23.0 Å². The van der Waals surface area contributed by atoms with Crippen LogP contribution in [0.5, 0.6) is 0 Å². The zero-order valence-corrected chi connectivity index (χ0v) is 17.4. The molecule has 160 valence electrons. The van der Waals surface area contributed by atoms with Crippen molar-refractivity contribution in [2.24, 2.45) is 7.05 Å². The Labute approximate surface area is 174 Å². The summed E-state index contributed by atoms with van der Waals surface area (Å²) in [5.41, 5.74) is 0.685. The third-order valence-corrected chi connectivity index (χ3v) is 6.55. The maximum atomic E-state index is 13.0. The zero-order chi connectivity index (χ0) is 21.4. The van der Waals surface area contributed by atoms with E-state index < -0.39 is 4.92 Å². The molecule has 1 saturated heterocycles. The number of benzene rings is 1. The number of hydrogen-bond donors (Lipinski definition) is 0. The maximum Gasteiger partial charge on any atom is 0.345 e. The molecule has 1 amide bonds. The normalized spacial score (nSPS) is 18.1. The second-order valence-corrected chi connectivity index (χ2v) is 8.35. The minimum atomic E-state index is -0.457. The number of nitro groups is 1. The molecular formula is C21H27N5O4. The van der Waals surface area contributed by atoms with E-state index in [9.17, 15) is 19.7 Å². The molecule has 0 spiro atoms. The largest absolute Gasteiger partial charge is 0.345 e. The van der Waals surface area contributed by atoms with Crippen LogP contribution in [-0.4, -0.2) is 43.2 Å². The summed E-state index contributed by atoms with van der Waals surface area (Å²) in [6, 6.07) is 4.85. The Balaban J connectivity index is 1.51. The lowest BCUT2D eigenvalue weighted by Gasteiger charge is -2.32. The third-order valence-electron chi connectivity index (χ3n) is 6.55. The number of likely N-dealkylation sites (tertiary alicyclic amines) is 1. The van der Waals surface area contributed by atoms with Crippen molar-refractivity contribution in [3.63, 3.8) is 0 Å². The van der Waals surface area contributed by atoms with Crippen molar-refractivity contribution in [1.82, 2.24) is 19.2 Å². The second-order valence-electron chi connectivity index (χ2n) is 8.35. The molecule has 0 radical (unpaired) electrons. The molecule has 0 N–H and O–H groups in total. The number of nitro benzene ring substituents is 1. The fraction of sp³-hybridized carbons (Fsp3) is 0.571. The van der Waals surface area contributed by atoms with E-state index in [-0.39, 0.29) is 29.2 Å². The number of piperidine rings is 1. The van der Waals surface area contributed by atoms with Gasteiger partial charge < -0.3 is 4.90 Å². The first-order chi connectivity index (χ1) is 14.4. The fourth-order valence-corrected chi connectivity index (χ4v) is 4.85. The number of aryl methyl sites for hydroxylation is 1. The summed E-state index contributed by atoms with van der Waals surface area (Å²) in [6.07, 6.45) is 5.76. The number of nitrogens with zero attached hydrogens (tertiary/aromatic N) is 5. The standard InChI is InChI=1S/C21H27N5O4/c1-14-17(8-5-9-18(14)26(29)30)20(27)24-12-10-15(11-13-24)19-22-23(2)21(28)25(19)16-6-3-4-7-16/h5,8-9,15-16H,3-4,6-7,10-13H2,1-2H3. The Hall–Kier alpha value is -2.97. The molecule has 0 bridgehead atoms. The molecule has 2 aliphatic rings. The lowest BCUT2D eigenvalue weighted by Crippen LogP contribution is -2.39. The topological polar surface area (TPSA) is 103 Å². The van der Waals surface area contributed by atoms with Gasteiger partial charge in [-0.3, -0.25) is 19.5 Å². The lowest BCUT2D eigenvalue weighted by atomic mass is 9.94. The number of hydrogen-bond acceptors (Lipinski definition) is 5. The van der Waals surface area contributed by atoms with E-state index in [4.69, 9.17) is 0 Å². The summed E-state index contributed by atoms with van der Waals surface area (Å²) in [5, 5.41) is 15.7. The van der Waals surface area contributed by atoms with Gasteiger partial charge in [-0.25, -0.2) is 9.48 Å². The predicted molar refractivity (Wildman–Crippen MR) is 111 cm³/mol. The molecule has 1 aromatic heterocycles. The summed E-state index contributed by atoms with van der Waals surface area (Å²) < 4.78 is 3.32. The summed E-state index contributed by atoms with van der Waals surface area (Å²) >= 11 is 0. The maximum absolute atomic E-state index is 13.0. The summed E-state index contributed by atoms with van der Waals surface area (Å²) in [5.74, 6) is 0.798. The Bertz CT molecular complexity index is 1030. The fourth-order valence-electron chi connectivity index (χ4n) is 4.85. The molecule has 2 fully saturated rings. The van der Waals surface area contributed by atoms with Crippen LogP contribution in [0, 0.1) is 17.0 Å². The molecular weight excluding hydrogens is 386 g/mol. The highest BCUT2D eigenvalue weighted by atomic mass is 16.6. The number of amides is 1. The van der Waals surface area contributed by atoms with Gasteiger partial charge in [0.05, 0.1) is 4.92 Å². The van der Waals surface area contributed by atoms with Crippen LogP contribution in [0.2, 0.25) is 0 Å². The minimum absolute atomic E-state index is 0.0372. The highest BCUT2D eigenvalue weighted by molar-refractivity contribution is 5.96. The first kappa shape index (κ1) is 20.3. The molecule has 1 saturated carbocycles. The molecule has 0 unspecified atom stereocenters. The summed E-state index contributed by atoms with van der Waals surface area (Å²) in [6.45, 7) is 2.70. The average molecular weight is 413 g/mol. The van der Waals surface area contributed by atoms with Crippen LogP contribution in [-0.2, 0) is 7.05 Å². The quantitative estimate of drug-likeness (QED) is 0.566. The minimum Gasteiger partial charge on any atom is -0.339 e. The molecule has 4 rings (SSSR count). The number of rotatable bonds is 4. The van der Waals surface area contributed by atoms with Gasteiger partial charge >= 0.3 is 5.69 Å². The molecule has 1 aliphatic carbocycles. The van der Waals surface area contributed by atoms with Gasteiger partial charge in [0.25, 0.3) is 11.6 Å². The van der Waals surface area contributed by atoms with Gasteiger partial charge in [-0.2, -0.15) is 5.10 Å². The second kappa shape index (κ2) is 8.04. The van der Waals surface area contributed by atoms with Crippen molar-refractivity contribution in [3.05, 3.63) is 55.7 Å². The lowest BCUT2D eigenvalue weighted by molar-refractivity contribution is -0.385. The zero-order valence-electron chi connectivity index (χ0n) is 17.4. The Morgan fingerprint density at radius 2 is 1.83 bits per heavy atom. The summed E-state index contributed by atoms with van der Waals surface area (Å²) in [7, 11) is 1.70. The Kier molecular flexibility index (Phi) is 5.44. The van der Waals surface area contributed by atoms with Crippen molar-refractivity contribution in [2.45, 2.75) is 57.4 Å². The van der Waals surface area contributed by atoms with Crippen LogP contribution < -0.4 is 5.69 Å². The average Bonchev–Trinajstić information content (AvgIpc) is 3.36. The van der Waals surface area contributed by atoms with E-state index >= 15 is 0 Å². The van der Waals surface area contributed by atoms with Crippen LogP contribution in [0.3, 0.4) is 0 Å². The SMILES string of the molecule is Cc1c(C(=O)N2CCC(c3nn(C)c(=O)n3C3CCCC3)CC2)cccc1[N+](=O)[O-]. The number of carbonyl (C=O) groups excluding carboxylic acids is 1. The Morgan fingerprint density at radius 1 is 1.17 bits per heavy atom. The molecule has 9 nitrogen and oxygen atoms in total. The van der Waals surface area contributed by atoms with Crippen molar-refractivity contribution in [2.75, 3.05) is 13.1 Å². The molecule has 0 atom stereocenters. The highest BCUT2D eigenvalue weighted by Crippen LogP contribution is 2.34. The van der Waals surface area contributed by atoms with Gasteiger partial charge in [-0.1, -0.05) is 18.9 Å². The monoisotopic (exact) mass is 413 g/mol. The first-order valence-corrected chi connectivity index (χ1v) is 10.6. The third kappa shape index (κ3) is 3.53. The van der Waals surface area contributed by atoms with Gasteiger partial charge in [0.15, 0.2) is 0 Å². The van der Waals surface area contributed by atoms with Crippen molar-refractivity contribution in [1.29, 1.82) is 0 Å². The van der Waals surface area contributed by atoms with Crippen LogP contribution in [0.4, 0.5) is 5.69 Å². The van der Waals surface area contributed by atoms with Gasteiger partial charge in [0.2, 0.25) is 0 Å². The number of aromatic nitrogens is 3. The van der Waals surface area contributed by atoms with Crippen LogP contribution in [0.25, 0.3) is 0 Å². The van der Waals surface area contributed by atoms with E-state index in [1.807, 2.05) is 4.57 Å². The van der Waals surface area contributed by atoms with Gasteiger partial charge in [-0.15, -0.1) is 0 Å². The molecule has 9 heteroatoms. The van der Waals surface area contributed by atoms with E-state index in [0.717, 1.165) is 44.3 Å². The molecule has 2 heterocycles. The van der Waals surface area contributed by atoms with Crippen molar-refractivity contribution in [3.8, 4) is 0 Å². The molecule has 1 aromatic carbocycles. The van der Waals surface area contributed by atoms with E-state index in [0.29, 0.717) is 24.2 Å². The Morgan fingerprint density at radius 3 is 2.47 bits per heavy atom. The van der Waals surface area contributed by atoms with Crippen LogP contribution in [0.1, 0.15) is 72.2 Å². The van der Waals surface area contributed by atoms with Gasteiger partial charge in [0.1, 0.15) is 5.82 Å². The first-order valence-electron chi connectivity index (χ1n) is 10.6. The van der Waals surface area contributed by atoms with Crippen molar-refractivity contribution < 1.29 is 9.72 Å². The van der Waals surface area contributed by atoms with E-state index in [1.165, 1.54) is 10.7 Å². The molecule has 30 heavy (non-hydrogen) atoms. The van der Waals surface area contributed by atoms with Crippen molar-refractivity contribution >= 4 is 11.6 Å². The molecule has 2 aromatic rings. The van der Waals surface area contributed by atoms with E-state index in [2.05, 4.69) is 5.10 Å². The van der Waals surface area contributed by atoms with Crippen LogP contribution >= 0.6 is 0 Å². The number of carbonyl (C=O) groups is 1. The van der Waals surface area contributed by atoms with E-state index in [1.54, 1.807) is 31.0 Å². The smallest absolute Gasteiger partial charge is 0.339 e. The van der Waals surface area contributed by atoms with Gasteiger partial charge in [0, 0.05) is 49.3 Å². The molecule has 1 aliphatic heterocycles. The predicted octanol–water partition coefficient (Wildman–Crippen LogP) is 2.93. The highest BCUT2D eigenvalue weighted by Gasteiger charge is 2.32. The van der Waals surface area contributed by atoms with Gasteiger partial charge in [-0.05, 0) is 38.7 Å².